The summed E-state index contributed by atoms with van der Waals surface area (Å²) in [6.07, 6.45) is 0. The molecule has 0 fully saturated rings. The van der Waals surface area contributed by atoms with Crippen LogP contribution in [0.1, 0.15) is 0 Å². The van der Waals surface area contributed by atoms with Crippen LogP contribution in [0, 0.1) is 0 Å². The summed E-state index contributed by atoms with van der Waals surface area (Å²) in [6.45, 7) is 0. The van der Waals surface area contributed by atoms with Crippen LogP contribution in [0.15, 0.2) is 39.6 Å². The van der Waals surface area contributed by atoms with Crippen LogP contribution in [0.3, 0.4) is 0 Å². The lowest BCUT2D eigenvalue weighted by molar-refractivity contribution is 1.65. The van der Waals surface area contributed by atoms with E-state index in [1.165, 1.54) is 12.1 Å². The van der Waals surface area contributed by atoms with Crippen LogP contribution in [-0.4, -0.2) is 0 Å². The highest BCUT2D eigenvalue weighted by molar-refractivity contribution is 9.10. The molecule has 0 aliphatic rings. The molecule has 0 heterocycles. The van der Waals surface area contributed by atoms with Crippen molar-refractivity contribution in [2.75, 3.05) is 0 Å². The zero-order valence-electron chi connectivity index (χ0n) is 4.67. The molecule has 1 aromatic rings. The fourth-order valence-electron chi connectivity index (χ4n) is 0.530. The first-order chi connectivity index (χ1) is 4.29. The minimum atomic E-state index is 0.0203. The summed E-state index contributed by atoms with van der Waals surface area (Å²) in [4.78, 5) is 10.7. The molecular formula is C7H5BrO. The summed E-state index contributed by atoms with van der Waals surface area (Å²) in [5.74, 6) is 0. The predicted octanol–water partition coefficient (Wildman–Crippen LogP) is 1.81. The standard InChI is InChI=1S/C7H5BrO/c8-6-3-1-2-4-7(9)5-6/h1-5H. The summed E-state index contributed by atoms with van der Waals surface area (Å²) >= 11 is 3.19. The Morgan fingerprint density at radius 3 is 2.67 bits per heavy atom. The maximum atomic E-state index is 10.7. The van der Waals surface area contributed by atoms with E-state index >= 15 is 0 Å². The first-order valence-corrected chi connectivity index (χ1v) is 3.34. The van der Waals surface area contributed by atoms with Crippen LogP contribution >= 0.6 is 15.9 Å². The van der Waals surface area contributed by atoms with Crippen molar-refractivity contribution in [3.63, 3.8) is 0 Å². The molecular weight excluding hydrogens is 180 g/mol. The second-order valence-electron chi connectivity index (χ2n) is 1.65. The van der Waals surface area contributed by atoms with Crippen molar-refractivity contribution in [3.8, 4) is 0 Å². The highest BCUT2D eigenvalue weighted by atomic mass is 79.9. The quantitative estimate of drug-likeness (QED) is 0.602. The van der Waals surface area contributed by atoms with Gasteiger partial charge >= 0.3 is 0 Å². The van der Waals surface area contributed by atoms with E-state index in [4.69, 9.17) is 0 Å². The molecule has 0 aromatic heterocycles. The summed E-state index contributed by atoms with van der Waals surface area (Å²) < 4.78 is 0.817. The molecule has 0 saturated heterocycles. The van der Waals surface area contributed by atoms with Gasteiger partial charge in [0, 0.05) is 4.47 Å². The lowest BCUT2D eigenvalue weighted by Crippen LogP contribution is -1.88. The maximum absolute atomic E-state index is 10.7. The third kappa shape index (κ3) is 1.98. The van der Waals surface area contributed by atoms with Crippen molar-refractivity contribution < 1.29 is 0 Å². The molecule has 0 unspecified atom stereocenters. The fourth-order valence-corrected chi connectivity index (χ4v) is 0.908. The van der Waals surface area contributed by atoms with Crippen molar-refractivity contribution in [1.29, 1.82) is 0 Å². The topological polar surface area (TPSA) is 17.1 Å². The lowest BCUT2D eigenvalue weighted by atomic mass is 10.5. The van der Waals surface area contributed by atoms with Crippen molar-refractivity contribution >= 4 is 15.9 Å². The molecule has 0 radical (unpaired) electrons. The van der Waals surface area contributed by atoms with E-state index in [0.29, 0.717) is 0 Å². The molecule has 46 valence electrons. The van der Waals surface area contributed by atoms with Gasteiger partial charge in [-0.05, 0) is 18.2 Å². The van der Waals surface area contributed by atoms with Crippen molar-refractivity contribution in [2.45, 2.75) is 0 Å². The molecule has 0 spiro atoms. The van der Waals surface area contributed by atoms with Gasteiger partial charge in [0.25, 0.3) is 0 Å². The van der Waals surface area contributed by atoms with E-state index in [1.54, 1.807) is 6.07 Å². The van der Waals surface area contributed by atoms with E-state index in [2.05, 4.69) is 15.9 Å². The van der Waals surface area contributed by atoms with Gasteiger partial charge in [-0.15, -0.1) is 0 Å². The van der Waals surface area contributed by atoms with E-state index < -0.39 is 0 Å². The normalized spacial score (nSPS) is 9.00. The predicted molar refractivity (Wildman–Crippen MR) is 40.4 cm³/mol. The molecule has 0 saturated carbocycles. The Morgan fingerprint density at radius 2 is 1.89 bits per heavy atom. The van der Waals surface area contributed by atoms with Gasteiger partial charge in [0.1, 0.15) is 0 Å². The monoisotopic (exact) mass is 184 g/mol. The lowest BCUT2D eigenvalue weighted by Gasteiger charge is -1.71. The van der Waals surface area contributed by atoms with Gasteiger partial charge in [-0.3, -0.25) is 4.79 Å². The van der Waals surface area contributed by atoms with Crippen LogP contribution < -0.4 is 5.43 Å². The molecule has 0 N–H and O–H groups in total. The Hall–Kier alpha value is -0.630. The minimum Gasteiger partial charge on any atom is -0.290 e. The van der Waals surface area contributed by atoms with E-state index in [1.807, 2.05) is 12.1 Å². The van der Waals surface area contributed by atoms with Crippen LogP contribution in [0.2, 0.25) is 0 Å². The molecule has 9 heavy (non-hydrogen) atoms. The number of hydrogen-bond donors (Lipinski definition) is 0. The van der Waals surface area contributed by atoms with E-state index in [-0.39, 0.29) is 5.43 Å². The van der Waals surface area contributed by atoms with Gasteiger partial charge in [0.15, 0.2) is 5.43 Å². The summed E-state index contributed by atoms with van der Waals surface area (Å²) in [7, 11) is 0. The molecule has 0 aliphatic carbocycles. The average molecular weight is 185 g/mol. The third-order valence-electron chi connectivity index (χ3n) is 0.907. The minimum absolute atomic E-state index is 0.0203. The van der Waals surface area contributed by atoms with Gasteiger partial charge in [0.05, 0.1) is 0 Å². The van der Waals surface area contributed by atoms with E-state index in [9.17, 15) is 4.79 Å². The van der Waals surface area contributed by atoms with Gasteiger partial charge in [-0.25, -0.2) is 0 Å². The van der Waals surface area contributed by atoms with Gasteiger partial charge in [-0.2, -0.15) is 0 Å². The fraction of sp³-hybridized carbons (Fsp3) is 0. The van der Waals surface area contributed by atoms with Crippen LogP contribution in [0.25, 0.3) is 0 Å². The second kappa shape index (κ2) is 2.78. The van der Waals surface area contributed by atoms with Crippen LogP contribution in [0.4, 0.5) is 0 Å². The summed E-state index contributed by atoms with van der Waals surface area (Å²) in [6, 6.07) is 8.39. The Kier molecular flexibility index (Phi) is 2.01. The SMILES string of the molecule is O=c1ccccc(Br)c1. The summed E-state index contributed by atoms with van der Waals surface area (Å²) in [5.41, 5.74) is 0.0203. The first kappa shape index (κ1) is 6.49. The zero-order chi connectivity index (χ0) is 6.69. The third-order valence-corrected chi connectivity index (χ3v) is 1.40. The number of hydrogen-bond acceptors (Lipinski definition) is 1. The molecule has 0 amide bonds. The molecule has 2 heteroatoms. The first-order valence-electron chi connectivity index (χ1n) is 2.55. The van der Waals surface area contributed by atoms with Gasteiger partial charge < -0.3 is 0 Å². The van der Waals surface area contributed by atoms with Crippen molar-refractivity contribution in [2.24, 2.45) is 0 Å². The maximum Gasteiger partial charge on any atom is 0.179 e. The molecule has 0 aliphatic heterocycles. The largest absolute Gasteiger partial charge is 0.290 e. The molecule has 1 rings (SSSR count). The smallest absolute Gasteiger partial charge is 0.179 e. The van der Waals surface area contributed by atoms with E-state index in [0.717, 1.165) is 4.47 Å². The summed E-state index contributed by atoms with van der Waals surface area (Å²) in [5, 5.41) is 0. The molecule has 0 atom stereocenters. The Balaban J connectivity index is 3.37. The number of halogens is 1. The van der Waals surface area contributed by atoms with Gasteiger partial charge in [0.2, 0.25) is 0 Å². The molecule has 1 nitrogen and oxygen atoms in total. The second-order valence-corrected chi connectivity index (χ2v) is 2.57. The average Bonchev–Trinajstić information content (AvgIpc) is 1.93. The highest BCUT2D eigenvalue weighted by Gasteiger charge is 1.80. The molecule has 1 aromatic carbocycles. The van der Waals surface area contributed by atoms with Crippen LogP contribution in [-0.2, 0) is 0 Å². The highest BCUT2D eigenvalue weighted by Crippen LogP contribution is 2.01. The van der Waals surface area contributed by atoms with Crippen molar-refractivity contribution in [3.05, 3.63) is 45.0 Å². The Labute approximate surface area is 61.5 Å². The van der Waals surface area contributed by atoms with Crippen LogP contribution in [0.5, 0.6) is 0 Å². The molecule has 0 bridgehead atoms. The Bertz CT molecular complexity index is 257. The zero-order valence-corrected chi connectivity index (χ0v) is 6.26. The van der Waals surface area contributed by atoms with Crippen molar-refractivity contribution in [1.82, 2.24) is 0 Å². The Morgan fingerprint density at radius 1 is 1.22 bits per heavy atom. The van der Waals surface area contributed by atoms with Gasteiger partial charge in [-0.1, -0.05) is 28.1 Å². The number of rotatable bonds is 0.